The van der Waals surface area contributed by atoms with Crippen molar-refractivity contribution in [2.45, 2.75) is 78.7 Å². The molecule has 2 N–H and O–H groups in total. The van der Waals surface area contributed by atoms with Gasteiger partial charge in [-0.05, 0) is 89.4 Å². The Morgan fingerprint density at radius 1 is 0.742 bits per heavy atom. The third kappa shape index (κ3) is 11.7. The summed E-state index contributed by atoms with van der Waals surface area (Å²) in [6.07, 6.45) is 1.84. The summed E-state index contributed by atoms with van der Waals surface area (Å²) in [4.78, 5) is 78.6. The summed E-state index contributed by atoms with van der Waals surface area (Å²) in [6.45, 7) is 14.2. The molecule has 2 aromatic heterocycles. The van der Waals surface area contributed by atoms with Gasteiger partial charge < -0.3 is 58.0 Å². The number of aldehydes is 1. The van der Waals surface area contributed by atoms with Crippen molar-refractivity contribution in [3.63, 3.8) is 0 Å². The van der Waals surface area contributed by atoms with Gasteiger partial charge in [-0.1, -0.05) is 6.07 Å². The molecule has 4 heterocycles. The number of carbonyl (C=O) groups is 4. The van der Waals surface area contributed by atoms with Gasteiger partial charge in [0.1, 0.15) is 36.6 Å². The Balaban J connectivity index is 0.000000286. The molecule has 1 fully saturated rings. The van der Waals surface area contributed by atoms with Gasteiger partial charge in [-0.3, -0.25) is 19.2 Å². The highest BCUT2D eigenvalue weighted by atomic mass is 16.6. The first kappa shape index (κ1) is 48.6. The molecular formula is C49H60N6O11. The number of hydrogen-bond donors (Lipinski definition) is 2. The molecule has 352 valence electrons. The number of nitrogens with one attached hydrogen (secondary N) is 2. The molecule has 0 saturated carbocycles. The Kier molecular flexibility index (Phi) is 16.1. The van der Waals surface area contributed by atoms with Crippen LogP contribution in [0.4, 0.5) is 4.79 Å². The number of methoxy groups -OCH3 is 2. The summed E-state index contributed by atoms with van der Waals surface area (Å²) < 4.78 is 30.9. The van der Waals surface area contributed by atoms with E-state index in [1.165, 1.54) is 23.8 Å². The van der Waals surface area contributed by atoms with Gasteiger partial charge in [0.2, 0.25) is 0 Å². The van der Waals surface area contributed by atoms with Gasteiger partial charge in [-0.25, -0.2) is 4.79 Å². The number of piperidine rings is 1. The first-order valence-corrected chi connectivity index (χ1v) is 22.2. The number of ether oxygens (including phenoxy) is 5. The normalized spacial score (nSPS) is 13.9. The maximum atomic E-state index is 13.4. The van der Waals surface area contributed by atoms with Gasteiger partial charge >= 0.3 is 6.09 Å². The second kappa shape index (κ2) is 21.9. The zero-order chi connectivity index (χ0) is 47.5. The van der Waals surface area contributed by atoms with Crippen LogP contribution in [0, 0.1) is 0 Å². The van der Waals surface area contributed by atoms with Crippen LogP contribution in [0.5, 0.6) is 23.0 Å². The number of nitrogens with zero attached hydrogens (tertiary/aromatic N) is 4. The molecule has 0 bridgehead atoms. The molecule has 0 aliphatic carbocycles. The fourth-order valence-corrected chi connectivity index (χ4v) is 8.10. The van der Waals surface area contributed by atoms with Gasteiger partial charge in [-0.2, -0.15) is 0 Å². The quantitative estimate of drug-likeness (QED) is 0.136. The lowest BCUT2D eigenvalue weighted by atomic mass is 10.0. The topological polar surface area (TPSA) is 189 Å². The molecule has 0 spiro atoms. The lowest BCUT2D eigenvalue weighted by Crippen LogP contribution is -2.49. The van der Waals surface area contributed by atoms with Crippen LogP contribution in [-0.4, -0.2) is 115 Å². The molecule has 0 unspecified atom stereocenters. The third-order valence-electron chi connectivity index (χ3n) is 11.3. The molecule has 1 saturated heterocycles. The van der Waals surface area contributed by atoms with Crippen molar-refractivity contribution in [1.29, 1.82) is 0 Å². The maximum absolute atomic E-state index is 13.4. The fourth-order valence-electron chi connectivity index (χ4n) is 8.10. The van der Waals surface area contributed by atoms with Gasteiger partial charge in [0.05, 0.1) is 42.9 Å². The Bertz CT molecular complexity index is 2680. The Morgan fingerprint density at radius 3 is 1.82 bits per heavy atom. The number of carbonyl (C=O) groups excluding carboxylic acids is 4. The highest BCUT2D eigenvalue weighted by Crippen LogP contribution is 2.32. The number of aromatic nitrogens is 2. The summed E-state index contributed by atoms with van der Waals surface area (Å²) in [5.41, 5.74) is 1.51. The van der Waals surface area contributed by atoms with Gasteiger partial charge in [0.25, 0.3) is 22.9 Å². The van der Waals surface area contributed by atoms with Crippen molar-refractivity contribution in [3.8, 4) is 23.0 Å². The first-order valence-electron chi connectivity index (χ1n) is 22.2. The van der Waals surface area contributed by atoms with Crippen LogP contribution in [0.2, 0.25) is 0 Å². The molecule has 2 aliphatic rings. The SMILES string of the molecule is CCNC(=O)c1cc(=O)n(CC=O)c2cc(OC)ccc12.CCNC(=O)c1cc(=O)n(CCN2CCC(N(Cc3ccc4c(c3)OCCO4)C(=O)OC(C)(C)C)CC2)c2cc(OC)ccc12. The van der Waals surface area contributed by atoms with E-state index in [4.69, 9.17) is 23.7 Å². The monoisotopic (exact) mass is 908 g/mol. The Hall–Kier alpha value is -6.88. The molecule has 7 rings (SSSR count). The highest BCUT2D eigenvalue weighted by Gasteiger charge is 2.32. The van der Waals surface area contributed by atoms with E-state index in [0.717, 1.165) is 31.5 Å². The lowest BCUT2D eigenvalue weighted by molar-refractivity contribution is -0.108. The van der Waals surface area contributed by atoms with E-state index in [0.29, 0.717) is 108 Å². The van der Waals surface area contributed by atoms with Crippen molar-refractivity contribution in [3.05, 3.63) is 104 Å². The minimum atomic E-state index is -0.617. The standard InChI is InChI=1S/C34H44N4O7.C15H16N2O4/c1-6-35-32(40)27-21-31(39)37(28-20-25(42-5)8-9-26(27)28)16-15-36-13-11-24(12-14-36)38(33(41)45-34(2,3)4)22-23-7-10-29-30(19-23)44-18-17-43-29;1-3-16-15(20)12-9-14(19)17(6-7-18)13-8-10(21-2)4-5-11(12)13/h7-10,19-21,24H,6,11-18,22H2,1-5H3,(H,35,40);4-5,7-9H,3,6H2,1-2H3,(H,16,20). The molecule has 17 heteroatoms. The highest BCUT2D eigenvalue weighted by molar-refractivity contribution is 6.07. The lowest BCUT2D eigenvalue weighted by Gasteiger charge is -2.39. The molecule has 66 heavy (non-hydrogen) atoms. The second-order valence-electron chi connectivity index (χ2n) is 16.9. The molecule has 3 amide bonds. The minimum absolute atomic E-state index is 0.00604. The van der Waals surface area contributed by atoms with Gasteiger partial charge in [0, 0.05) is 86.9 Å². The average Bonchev–Trinajstić information content (AvgIpc) is 3.30. The molecule has 5 aromatic rings. The van der Waals surface area contributed by atoms with Crippen molar-refractivity contribution in [2.24, 2.45) is 0 Å². The van der Waals surface area contributed by atoms with Crippen LogP contribution in [0.3, 0.4) is 0 Å². The molecular weight excluding hydrogens is 849 g/mol. The van der Waals surface area contributed by atoms with E-state index in [2.05, 4.69) is 15.5 Å². The fraction of sp³-hybridized carbons (Fsp3) is 0.429. The van der Waals surface area contributed by atoms with E-state index in [1.54, 1.807) is 42.9 Å². The number of fused-ring (bicyclic) bond motifs is 3. The number of likely N-dealkylation sites (tertiary alicyclic amines) is 1. The number of benzene rings is 3. The summed E-state index contributed by atoms with van der Waals surface area (Å²) in [5.74, 6) is 1.98. The summed E-state index contributed by atoms with van der Waals surface area (Å²) in [5, 5.41) is 6.77. The van der Waals surface area contributed by atoms with Crippen molar-refractivity contribution in [1.82, 2.24) is 29.6 Å². The van der Waals surface area contributed by atoms with Crippen LogP contribution in [0.25, 0.3) is 21.8 Å². The number of amides is 3. The molecule has 0 atom stereocenters. The van der Waals surface area contributed by atoms with Crippen molar-refractivity contribution < 1.29 is 42.9 Å². The summed E-state index contributed by atoms with van der Waals surface area (Å²) in [6, 6.07) is 19.0. The van der Waals surface area contributed by atoms with E-state index in [9.17, 15) is 28.8 Å². The predicted molar refractivity (Wildman–Crippen MR) is 250 cm³/mol. The Morgan fingerprint density at radius 2 is 1.29 bits per heavy atom. The van der Waals surface area contributed by atoms with Crippen LogP contribution < -0.4 is 40.7 Å². The van der Waals surface area contributed by atoms with Crippen LogP contribution >= 0.6 is 0 Å². The van der Waals surface area contributed by atoms with E-state index in [-0.39, 0.29) is 36.1 Å². The predicted octanol–water partition coefficient (Wildman–Crippen LogP) is 5.39. The van der Waals surface area contributed by atoms with Gasteiger partial charge in [-0.15, -0.1) is 0 Å². The second-order valence-corrected chi connectivity index (χ2v) is 16.9. The van der Waals surface area contributed by atoms with E-state index >= 15 is 0 Å². The van der Waals surface area contributed by atoms with E-state index < -0.39 is 11.2 Å². The average molecular weight is 909 g/mol. The number of pyridine rings is 2. The molecule has 3 aromatic carbocycles. The number of hydrogen-bond acceptors (Lipinski definition) is 12. The van der Waals surface area contributed by atoms with Crippen LogP contribution in [0.15, 0.2) is 76.3 Å². The molecule has 17 nitrogen and oxygen atoms in total. The van der Waals surface area contributed by atoms with E-state index in [1.807, 2.05) is 62.9 Å². The van der Waals surface area contributed by atoms with Gasteiger partial charge in [0.15, 0.2) is 11.5 Å². The zero-order valence-corrected chi connectivity index (χ0v) is 38.8. The largest absolute Gasteiger partial charge is 0.497 e. The Labute approximate surface area is 383 Å². The zero-order valence-electron chi connectivity index (χ0n) is 38.8. The van der Waals surface area contributed by atoms with Crippen molar-refractivity contribution in [2.75, 3.05) is 60.2 Å². The first-order chi connectivity index (χ1) is 31.7. The molecule has 2 aliphatic heterocycles. The third-order valence-corrected chi connectivity index (χ3v) is 11.3. The molecule has 0 radical (unpaired) electrons. The minimum Gasteiger partial charge on any atom is -0.497 e. The van der Waals surface area contributed by atoms with Crippen LogP contribution in [0.1, 0.15) is 73.7 Å². The van der Waals surface area contributed by atoms with Crippen LogP contribution in [-0.2, 0) is 29.2 Å². The number of rotatable bonds is 14. The maximum Gasteiger partial charge on any atom is 0.410 e. The van der Waals surface area contributed by atoms with Crippen molar-refractivity contribution >= 4 is 46.0 Å². The summed E-state index contributed by atoms with van der Waals surface area (Å²) in [7, 11) is 3.09. The smallest absolute Gasteiger partial charge is 0.410 e. The summed E-state index contributed by atoms with van der Waals surface area (Å²) >= 11 is 0.